The lowest BCUT2D eigenvalue weighted by molar-refractivity contribution is -0.122. The van der Waals surface area contributed by atoms with Crippen LogP contribution in [-0.4, -0.2) is 41.9 Å². The molecule has 0 saturated heterocycles. The SMILES string of the molecule is CC/C=C\C/C=C\C/C=C\C/C=C\C/C=C\CCCC(=O)NC(CS(=O)(=O)O)C(O)CCCCCCCCCCCC. The van der Waals surface area contributed by atoms with Gasteiger partial charge in [0.1, 0.15) is 0 Å². The van der Waals surface area contributed by atoms with Crippen molar-refractivity contribution in [3.05, 3.63) is 60.8 Å². The fourth-order valence-electron chi connectivity index (χ4n) is 4.55. The summed E-state index contributed by atoms with van der Waals surface area (Å²) in [5.41, 5.74) is 0. The first-order chi connectivity index (χ1) is 20.3. The molecule has 0 rings (SSSR count). The highest BCUT2D eigenvalue weighted by atomic mass is 32.2. The van der Waals surface area contributed by atoms with Gasteiger partial charge in [0.05, 0.1) is 17.9 Å². The quantitative estimate of drug-likeness (QED) is 0.0468. The van der Waals surface area contributed by atoms with E-state index in [1.807, 2.05) is 6.08 Å². The number of unbranched alkanes of at least 4 members (excludes halogenated alkanes) is 10. The van der Waals surface area contributed by atoms with Crippen molar-refractivity contribution >= 4 is 16.0 Å². The van der Waals surface area contributed by atoms with E-state index in [1.165, 1.54) is 44.9 Å². The number of aliphatic hydroxyl groups excluding tert-OH is 1. The van der Waals surface area contributed by atoms with Crippen molar-refractivity contribution in [3.63, 3.8) is 0 Å². The van der Waals surface area contributed by atoms with Crippen LogP contribution in [0.25, 0.3) is 0 Å². The molecule has 0 aliphatic rings. The summed E-state index contributed by atoms with van der Waals surface area (Å²) in [5.74, 6) is -0.981. The number of rotatable bonds is 28. The summed E-state index contributed by atoms with van der Waals surface area (Å²) in [5, 5.41) is 13.2. The standard InChI is InChI=1S/C35H61NO5S/c1-3-5-7-9-11-13-15-16-17-18-19-20-21-23-25-27-29-31-35(38)36-33(32-42(39,40)41)34(37)30-28-26-24-22-14-12-10-8-6-4-2/h5,7,11,13,16-17,19-20,23,25,33-34,37H,3-4,6,8-10,12,14-15,18,21-22,24,26-32H2,1-2H3,(H,36,38)(H,39,40,41)/b7-5-,13-11-,17-16-,20-19-,25-23-. The van der Waals surface area contributed by atoms with Gasteiger partial charge in [-0.05, 0) is 51.4 Å². The Kier molecular flexibility index (Phi) is 27.8. The molecule has 6 nitrogen and oxygen atoms in total. The zero-order chi connectivity index (χ0) is 31.2. The number of carbonyl (C=O) groups excluding carboxylic acids is 1. The maximum Gasteiger partial charge on any atom is 0.266 e. The summed E-state index contributed by atoms with van der Waals surface area (Å²) in [6.45, 7) is 4.35. The van der Waals surface area contributed by atoms with Crippen LogP contribution in [-0.2, 0) is 14.9 Å². The van der Waals surface area contributed by atoms with Crippen LogP contribution in [0.2, 0.25) is 0 Å². The third-order valence-corrected chi connectivity index (χ3v) is 7.77. The van der Waals surface area contributed by atoms with Crippen molar-refractivity contribution < 1.29 is 22.9 Å². The average molecular weight is 608 g/mol. The molecule has 0 spiro atoms. The van der Waals surface area contributed by atoms with Gasteiger partial charge in [-0.25, -0.2) is 0 Å². The first-order valence-corrected chi connectivity index (χ1v) is 18.1. The molecule has 42 heavy (non-hydrogen) atoms. The lowest BCUT2D eigenvalue weighted by Crippen LogP contribution is -2.47. The summed E-state index contributed by atoms with van der Waals surface area (Å²) in [7, 11) is -4.32. The molecule has 2 unspecified atom stereocenters. The Morgan fingerprint density at radius 3 is 1.60 bits per heavy atom. The normalized spacial score (nSPS) is 14.3. The third-order valence-electron chi connectivity index (χ3n) is 6.99. The number of allylic oxidation sites excluding steroid dienone is 10. The number of aliphatic hydroxyl groups is 1. The maximum atomic E-state index is 12.4. The Morgan fingerprint density at radius 1 is 0.667 bits per heavy atom. The van der Waals surface area contributed by atoms with Gasteiger partial charge in [0, 0.05) is 6.42 Å². The molecule has 0 aromatic heterocycles. The molecule has 0 heterocycles. The van der Waals surface area contributed by atoms with E-state index in [0.29, 0.717) is 12.8 Å². The topological polar surface area (TPSA) is 104 Å². The van der Waals surface area contributed by atoms with Gasteiger partial charge in [0.2, 0.25) is 5.91 Å². The Hall–Kier alpha value is -1.96. The van der Waals surface area contributed by atoms with Gasteiger partial charge >= 0.3 is 0 Å². The number of carbonyl (C=O) groups is 1. The predicted molar refractivity (Wildman–Crippen MR) is 179 cm³/mol. The zero-order valence-corrected chi connectivity index (χ0v) is 27.4. The second-order valence-corrected chi connectivity index (χ2v) is 12.6. The van der Waals surface area contributed by atoms with E-state index < -0.39 is 28.0 Å². The first-order valence-electron chi connectivity index (χ1n) is 16.5. The van der Waals surface area contributed by atoms with Crippen molar-refractivity contribution in [3.8, 4) is 0 Å². The summed E-state index contributed by atoms with van der Waals surface area (Å²) >= 11 is 0. The fraction of sp³-hybridized carbons (Fsp3) is 0.686. The van der Waals surface area contributed by atoms with E-state index in [0.717, 1.165) is 57.8 Å². The molecule has 2 atom stereocenters. The van der Waals surface area contributed by atoms with Gasteiger partial charge in [-0.15, -0.1) is 0 Å². The van der Waals surface area contributed by atoms with Crippen molar-refractivity contribution in [1.29, 1.82) is 0 Å². The smallest absolute Gasteiger partial charge is 0.266 e. The lowest BCUT2D eigenvalue weighted by Gasteiger charge is -2.23. The van der Waals surface area contributed by atoms with Crippen LogP contribution in [0.3, 0.4) is 0 Å². The van der Waals surface area contributed by atoms with Gasteiger partial charge < -0.3 is 10.4 Å². The molecule has 242 valence electrons. The number of hydrogen-bond donors (Lipinski definition) is 3. The van der Waals surface area contributed by atoms with Gasteiger partial charge in [0.25, 0.3) is 10.1 Å². The highest BCUT2D eigenvalue weighted by molar-refractivity contribution is 7.85. The van der Waals surface area contributed by atoms with E-state index in [1.54, 1.807) is 0 Å². The van der Waals surface area contributed by atoms with Crippen molar-refractivity contribution in [2.45, 2.75) is 148 Å². The zero-order valence-electron chi connectivity index (χ0n) is 26.6. The van der Waals surface area contributed by atoms with E-state index >= 15 is 0 Å². The first kappa shape index (κ1) is 40.0. The second-order valence-electron chi connectivity index (χ2n) is 11.1. The minimum atomic E-state index is -4.32. The van der Waals surface area contributed by atoms with E-state index in [2.05, 4.69) is 73.8 Å². The largest absolute Gasteiger partial charge is 0.391 e. The molecule has 0 fully saturated rings. The molecule has 0 aromatic rings. The Labute approximate surface area is 258 Å². The molecular weight excluding hydrogens is 546 g/mol. The lowest BCUT2D eigenvalue weighted by atomic mass is 10.0. The fourth-order valence-corrected chi connectivity index (χ4v) is 5.31. The number of amides is 1. The maximum absolute atomic E-state index is 12.4. The molecule has 7 heteroatoms. The van der Waals surface area contributed by atoms with Gasteiger partial charge in [-0.2, -0.15) is 8.42 Å². The molecular formula is C35H61NO5S. The molecule has 0 bridgehead atoms. The van der Waals surface area contributed by atoms with E-state index in [4.69, 9.17) is 0 Å². The number of nitrogens with one attached hydrogen (secondary N) is 1. The monoisotopic (exact) mass is 607 g/mol. The van der Waals surface area contributed by atoms with Crippen LogP contribution >= 0.6 is 0 Å². The molecule has 0 aliphatic carbocycles. The van der Waals surface area contributed by atoms with Crippen LogP contribution in [0.4, 0.5) is 0 Å². The summed E-state index contributed by atoms with van der Waals surface area (Å²) < 4.78 is 32.2. The number of hydrogen-bond acceptors (Lipinski definition) is 4. The molecule has 0 saturated carbocycles. The van der Waals surface area contributed by atoms with Crippen LogP contribution in [0.15, 0.2) is 60.8 Å². The molecule has 0 aliphatic heterocycles. The molecule has 0 radical (unpaired) electrons. The molecule has 3 N–H and O–H groups in total. The van der Waals surface area contributed by atoms with Crippen LogP contribution < -0.4 is 5.32 Å². The van der Waals surface area contributed by atoms with E-state index in [-0.39, 0.29) is 12.3 Å². The van der Waals surface area contributed by atoms with Gasteiger partial charge in [0.15, 0.2) is 0 Å². The van der Waals surface area contributed by atoms with Crippen LogP contribution in [0, 0.1) is 0 Å². The van der Waals surface area contributed by atoms with Crippen molar-refractivity contribution in [2.24, 2.45) is 0 Å². The van der Waals surface area contributed by atoms with Gasteiger partial charge in [-0.1, -0.05) is 139 Å². The van der Waals surface area contributed by atoms with E-state index in [9.17, 15) is 22.9 Å². The Balaban J connectivity index is 4.12. The molecule has 0 aromatic carbocycles. The van der Waals surface area contributed by atoms with Crippen molar-refractivity contribution in [2.75, 3.05) is 5.75 Å². The summed E-state index contributed by atoms with van der Waals surface area (Å²) in [4.78, 5) is 12.4. The molecule has 1 amide bonds. The predicted octanol–water partition coefficient (Wildman–Crippen LogP) is 8.95. The van der Waals surface area contributed by atoms with Gasteiger partial charge in [-0.3, -0.25) is 9.35 Å². The second kappa shape index (κ2) is 29.1. The minimum absolute atomic E-state index is 0.237. The minimum Gasteiger partial charge on any atom is -0.391 e. The third kappa shape index (κ3) is 29.5. The summed E-state index contributed by atoms with van der Waals surface area (Å²) in [6, 6.07) is -1.00. The highest BCUT2D eigenvalue weighted by Gasteiger charge is 2.25. The Bertz CT molecular complexity index is 889. The summed E-state index contributed by atoms with van der Waals surface area (Å²) in [6.07, 6.45) is 38.9. The van der Waals surface area contributed by atoms with Crippen molar-refractivity contribution in [1.82, 2.24) is 5.32 Å². The highest BCUT2D eigenvalue weighted by Crippen LogP contribution is 2.14. The van der Waals surface area contributed by atoms with Crippen LogP contribution in [0.1, 0.15) is 136 Å². The average Bonchev–Trinajstić information content (AvgIpc) is 2.94. The van der Waals surface area contributed by atoms with Crippen LogP contribution in [0.5, 0.6) is 0 Å². The Morgan fingerprint density at radius 2 is 1.12 bits per heavy atom.